The van der Waals surface area contributed by atoms with Crippen molar-refractivity contribution in [3.8, 4) is 5.06 Å². The molecule has 0 aliphatic carbocycles. The average Bonchev–Trinajstić information content (AvgIpc) is 2.02. The molecular weight excluding hydrogens is 144 g/mol. The number of hydrogen-bond donors (Lipinski definition) is 1. The van der Waals surface area contributed by atoms with Gasteiger partial charge < -0.3 is 5.11 Å². The summed E-state index contributed by atoms with van der Waals surface area (Å²) in [6, 6.07) is 11.0. The van der Waals surface area contributed by atoms with Crippen LogP contribution in [0.15, 0.2) is 41.8 Å². The van der Waals surface area contributed by atoms with E-state index in [0.717, 1.165) is 0 Å². The van der Waals surface area contributed by atoms with Crippen LogP contribution < -0.4 is 0 Å². The second-order valence-electron chi connectivity index (χ2n) is 1.72. The lowest BCUT2D eigenvalue weighted by molar-refractivity contribution is 0.490. The predicted molar refractivity (Wildman–Crippen MR) is 43.6 cm³/mol. The van der Waals surface area contributed by atoms with E-state index in [4.69, 9.17) is 5.11 Å². The SMILES string of the molecule is Oc1cccccccs1. The van der Waals surface area contributed by atoms with Gasteiger partial charge in [-0.1, -0.05) is 30.3 Å². The number of rotatable bonds is 0. The first-order valence-electron chi connectivity index (χ1n) is 2.95. The molecule has 0 aromatic carbocycles. The van der Waals surface area contributed by atoms with E-state index in [1.165, 1.54) is 11.3 Å². The monoisotopic (exact) mass is 152 g/mol. The summed E-state index contributed by atoms with van der Waals surface area (Å²) in [5.74, 6) is 0. The summed E-state index contributed by atoms with van der Waals surface area (Å²) in [5, 5.41) is 11.2. The van der Waals surface area contributed by atoms with Crippen molar-refractivity contribution in [2.24, 2.45) is 0 Å². The van der Waals surface area contributed by atoms with Crippen LogP contribution in [0, 0.1) is 0 Å². The molecule has 1 N–H and O–H groups in total. The first-order valence-corrected chi connectivity index (χ1v) is 3.83. The van der Waals surface area contributed by atoms with E-state index < -0.39 is 0 Å². The van der Waals surface area contributed by atoms with Crippen LogP contribution in [-0.4, -0.2) is 5.11 Å². The molecule has 2 heteroatoms. The van der Waals surface area contributed by atoms with E-state index in [2.05, 4.69) is 0 Å². The fourth-order valence-corrected chi connectivity index (χ4v) is 0.990. The lowest BCUT2D eigenvalue weighted by Crippen LogP contribution is -1.45. The third kappa shape index (κ3) is 2.51. The Morgan fingerprint density at radius 2 is 1.70 bits per heavy atom. The van der Waals surface area contributed by atoms with Crippen molar-refractivity contribution < 1.29 is 5.11 Å². The topological polar surface area (TPSA) is 20.2 Å². The molecule has 0 unspecified atom stereocenters. The molecule has 0 amide bonds. The highest BCUT2D eigenvalue weighted by Gasteiger charge is 1.73. The second kappa shape index (κ2) is 3.90. The minimum absolute atomic E-state index is 0.316. The van der Waals surface area contributed by atoms with Gasteiger partial charge in [-0.15, -0.1) is 11.3 Å². The third-order valence-electron chi connectivity index (χ3n) is 0.951. The molecule has 1 nitrogen and oxygen atoms in total. The molecule has 1 heterocycles. The highest BCUT2D eigenvalue weighted by Crippen LogP contribution is 2.09. The quantitative estimate of drug-likeness (QED) is 0.605. The van der Waals surface area contributed by atoms with Crippen molar-refractivity contribution in [1.29, 1.82) is 0 Å². The van der Waals surface area contributed by atoms with E-state index in [0.29, 0.717) is 5.06 Å². The van der Waals surface area contributed by atoms with Gasteiger partial charge in [0.05, 0.1) is 0 Å². The van der Waals surface area contributed by atoms with Gasteiger partial charge in [-0.25, -0.2) is 0 Å². The Kier molecular flexibility index (Phi) is 2.77. The normalized spacial score (nSPS) is 8.40. The molecule has 1 aromatic heterocycles. The third-order valence-corrected chi connectivity index (χ3v) is 1.62. The van der Waals surface area contributed by atoms with Crippen molar-refractivity contribution >= 4 is 11.3 Å². The van der Waals surface area contributed by atoms with Crippen LogP contribution in [0.4, 0.5) is 0 Å². The van der Waals surface area contributed by atoms with Crippen LogP contribution in [-0.2, 0) is 0 Å². The van der Waals surface area contributed by atoms with Crippen LogP contribution in [0.3, 0.4) is 0 Å². The Balaban J connectivity index is 3.13. The Hall–Kier alpha value is -1.02. The minimum atomic E-state index is 0.316. The predicted octanol–water partition coefficient (Wildman–Crippen LogP) is 2.58. The summed E-state index contributed by atoms with van der Waals surface area (Å²) >= 11 is 1.30. The molecule has 0 fully saturated rings. The summed E-state index contributed by atoms with van der Waals surface area (Å²) in [7, 11) is 0. The van der Waals surface area contributed by atoms with E-state index in [1.54, 1.807) is 12.1 Å². The van der Waals surface area contributed by atoms with Crippen molar-refractivity contribution in [2.75, 3.05) is 0 Å². The van der Waals surface area contributed by atoms with Gasteiger partial charge in [0.25, 0.3) is 0 Å². The number of aromatic hydroxyl groups is 1. The van der Waals surface area contributed by atoms with E-state index in [9.17, 15) is 0 Å². The summed E-state index contributed by atoms with van der Waals surface area (Å²) in [4.78, 5) is 0. The smallest absolute Gasteiger partial charge is 0.171 e. The highest BCUT2D eigenvalue weighted by molar-refractivity contribution is 7.11. The van der Waals surface area contributed by atoms with Crippen LogP contribution in [0.5, 0.6) is 5.06 Å². The minimum Gasteiger partial charge on any atom is -0.499 e. The molecule has 0 atom stereocenters. The molecule has 10 heavy (non-hydrogen) atoms. The summed E-state index contributed by atoms with van der Waals surface area (Å²) in [5.41, 5.74) is 0. The van der Waals surface area contributed by atoms with Crippen molar-refractivity contribution in [3.05, 3.63) is 41.8 Å². The molecule has 0 bridgehead atoms. The molecule has 0 aliphatic heterocycles. The molecular formula is C8H8OS. The Morgan fingerprint density at radius 3 is 2.60 bits per heavy atom. The largest absolute Gasteiger partial charge is 0.499 e. The lowest BCUT2D eigenvalue weighted by Gasteiger charge is -1.76. The van der Waals surface area contributed by atoms with Crippen LogP contribution in [0.1, 0.15) is 0 Å². The molecule has 1 aromatic rings. The molecule has 0 spiro atoms. The zero-order chi connectivity index (χ0) is 7.23. The van der Waals surface area contributed by atoms with Gasteiger partial charge in [0.15, 0.2) is 5.06 Å². The van der Waals surface area contributed by atoms with Gasteiger partial charge in [0.2, 0.25) is 0 Å². The van der Waals surface area contributed by atoms with E-state index in [-0.39, 0.29) is 0 Å². The Morgan fingerprint density at radius 1 is 1.00 bits per heavy atom. The van der Waals surface area contributed by atoms with Crippen LogP contribution in [0.25, 0.3) is 0 Å². The zero-order valence-electron chi connectivity index (χ0n) is 5.40. The average molecular weight is 152 g/mol. The van der Waals surface area contributed by atoms with Crippen molar-refractivity contribution in [2.45, 2.75) is 0 Å². The molecule has 0 saturated heterocycles. The van der Waals surface area contributed by atoms with E-state index >= 15 is 0 Å². The molecule has 52 valence electrons. The van der Waals surface area contributed by atoms with Crippen molar-refractivity contribution in [3.63, 3.8) is 0 Å². The van der Waals surface area contributed by atoms with Gasteiger partial charge in [-0.05, 0) is 11.4 Å². The van der Waals surface area contributed by atoms with Gasteiger partial charge in [0, 0.05) is 0 Å². The van der Waals surface area contributed by atoms with Gasteiger partial charge >= 0.3 is 0 Å². The summed E-state index contributed by atoms with van der Waals surface area (Å²) < 4.78 is 0. The molecule has 0 aliphatic rings. The Bertz CT molecular complexity index is 217. The standard InChI is InChI=1S/C8H8OS/c9-8-6-4-2-1-3-5-7-10-8/h1-7,9H. The van der Waals surface area contributed by atoms with Crippen LogP contribution in [0.2, 0.25) is 0 Å². The van der Waals surface area contributed by atoms with Gasteiger partial charge in [0.1, 0.15) is 0 Å². The molecule has 1 rings (SSSR count). The van der Waals surface area contributed by atoms with Crippen molar-refractivity contribution in [1.82, 2.24) is 0 Å². The molecule has 0 saturated carbocycles. The zero-order valence-corrected chi connectivity index (χ0v) is 6.21. The van der Waals surface area contributed by atoms with Crippen LogP contribution >= 0.6 is 11.3 Å². The molecule has 0 radical (unpaired) electrons. The maximum atomic E-state index is 9.03. The maximum Gasteiger partial charge on any atom is 0.171 e. The van der Waals surface area contributed by atoms with Gasteiger partial charge in [-0.3, -0.25) is 0 Å². The fraction of sp³-hybridized carbons (Fsp3) is 0. The summed E-state index contributed by atoms with van der Waals surface area (Å²) in [6.07, 6.45) is 0. The first kappa shape index (κ1) is 7.09. The summed E-state index contributed by atoms with van der Waals surface area (Å²) in [6.45, 7) is 0. The maximum absolute atomic E-state index is 9.03. The number of hydrogen-bond acceptors (Lipinski definition) is 2. The second-order valence-corrected chi connectivity index (χ2v) is 2.65. The Labute approximate surface area is 63.9 Å². The van der Waals surface area contributed by atoms with E-state index in [1.807, 2.05) is 29.6 Å². The lowest BCUT2D eigenvalue weighted by atomic mass is 10.5. The first-order chi connectivity index (χ1) is 4.89. The highest BCUT2D eigenvalue weighted by atomic mass is 32.1. The van der Waals surface area contributed by atoms with Gasteiger partial charge in [-0.2, -0.15) is 0 Å². The fourth-order valence-electron chi connectivity index (χ4n) is 0.524.